The average molecular weight is 400 g/mol. The van der Waals surface area contributed by atoms with Crippen molar-refractivity contribution in [2.75, 3.05) is 11.9 Å². The fraction of sp³-hybridized carbons (Fsp3) is 0.105. The van der Waals surface area contributed by atoms with Gasteiger partial charge in [0.05, 0.1) is 22.3 Å². The number of nitrogens with two attached hydrogens (primary N) is 1. The number of nitrogens with zero attached hydrogens (tertiary/aromatic N) is 2. The van der Waals surface area contributed by atoms with Gasteiger partial charge in [-0.25, -0.2) is 13.8 Å². The Bertz CT molecular complexity index is 1180. The van der Waals surface area contributed by atoms with Crippen molar-refractivity contribution in [2.45, 2.75) is 6.43 Å². The zero-order valence-corrected chi connectivity index (χ0v) is 15.2. The van der Waals surface area contributed by atoms with Crippen molar-refractivity contribution in [3.63, 3.8) is 0 Å². The molecular formula is C19H14F2N4O2S. The number of primary amides is 1. The number of alkyl halides is 2. The first kappa shape index (κ1) is 18.1. The van der Waals surface area contributed by atoms with Gasteiger partial charge in [0.15, 0.2) is 5.13 Å². The molecule has 0 saturated heterocycles. The third-order valence-corrected chi connectivity index (χ3v) is 4.96. The molecule has 4 aromatic rings. The van der Waals surface area contributed by atoms with Crippen molar-refractivity contribution < 1.29 is 18.3 Å². The molecule has 4 rings (SSSR count). The molecular weight excluding hydrogens is 386 g/mol. The molecule has 6 nitrogen and oxygen atoms in total. The lowest BCUT2D eigenvalue weighted by molar-refractivity contribution is 0.100. The number of carbonyl (C=O) groups excluding carboxylic acids is 1. The van der Waals surface area contributed by atoms with Crippen LogP contribution in [0.5, 0.6) is 11.5 Å². The Labute approximate surface area is 162 Å². The normalized spacial score (nSPS) is 11.2. The Balaban J connectivity index is 1.65. The van der Waals surface area contributed by atoms with E-state index in [1.807, 2.05) is 0 Å². The van der Waals surface area contributed by atoms with Crippen LogP contribution in [0.25, 0.3) is 21.1 Å². The van der Waals surface area contributed by atoms with E-state index in [2.05, 4.69) is 15.3 Å². The summed E-state index contributed by atoms with van der Waals surface area (Å²) in [7, 11) is 0. The molecule has 9 heteroatoms. The van der Waals surface area contributed by atoms with Crippen molar-refractivity contribution in [1.82, 2.24) is 9.97 Å². The molecule has 0 bridgehead atoms. The van der Waals surface area contributed by atoms with E-state index in [9.17, 15) is 13.6 Å². The Kier molecular flexibility index (Phi) is 4.74. The summed E-state index contributed by atoms with van der Waals surface area (Å²) in [5, 5.41) is 3.69. The van der Waals surface area contributed by atoms with Gasteiger partial charge in [-0.05, 0) is 36.4 Å². The average Bonchev–Trinajstić information content (AvgIpc) is 3.08. The summed E-state index contributed by atoms with van der Waals surface area (Å²) >= 11 is 1.26. The quantitative estimate of drug-likeness (QED) is 0.500. The fourth-order valence-electron chi connectivity index (χ4n) is 2.70. The second-order valence-electron chi connectivity index (χ2n) is 5.93. The van der Waals surface area contributed by atoms with Crippen molar-refractivity contribution in [1.29, 1.82) is 0 Å². The van der Waals surface area contributed by atoms with Crippen LogP contribution in [-0.2, 0) is 0 Å². The first-order valence-electron chi connectivity index (χ1n) is 8.28. The van der Waals surface area contributed by atoms with Crippen LogP contribution in [0.15, 0.2) is 48.7 Å². The van der Waals surface area contributed by atoms with Crippen LogP contribution in [0.2, 0.25) is 0 Å². The number of thiazole rings is 1. The van der Waals surface area contributed by atoms with Gasteiger partial charge in [-0.3, -0.25) is 9.78 Å². The van der Waals surface area contributed by atoms with Gasteiger partial charge in [0.2, 0.25) is 5.91 Å². The van der Waals surface area contributed by atoms with Crippen LogP contribution < -0.4 is 15.8 Å². The van der Waals surface area contributed by atoms with Gasteiger partial charge in [0, 0.05) is 23.2 Å². The number of benzene rings is 2. The molecule has 28 heavy (non-hydrogen) atoms. The van der Waals surface area contributed by atoms with Crippen molar-refractivity contribution in [3.05, 3.63) is 54.2 Å². The molecule has 0 aliphatic rings. The Morgan fingerprint density at radius 3 is 2.79 bits per heavy atom. The second-order valence-corrected chi connectivity index (χ2v) is 6.96. The maximum absolute atomic E-state index is 12.3. The van der Waals surface area contributed by atoms with Gasteiger partial charge in [0.25, 0.3) is 6.43 Å². The van der Waals surface area contributed by atoms with Gasteiger partial charge in [0.1, 0.15) is 11.5 Å². The number of amides is 1. The summed E-state index contributed by atoms with van der Waals surface area (Å²) in [5.74, 6) is 0.535. The lowest BCUT2D eigenvalue weighted by Gasteiger charge is -2.09. The standard InChI is InChI=1S/C19H14F2N4O2S/c20-17(21)9-24-19-25-14-4-2-11(8-16(14)28-19)27-15-5-6-23-13-3-1-10(18(22)26)7-12(13)15/h1-8,17H,9H2,(H2,22,26)(H,24,25). The Hall–Kier alpha value is -3.33. The molecule has 0 spiro atoms. The number of rotatable bonds is 6. The van der Waals surface area contributed by atoms with Crippen LogP contribution in [0.4, 0.5) is 13.9 Å². The molecule has 2 aromatic heterocycles. The highest BCUT2D eigenvalue weighted by molar-refractivity contribution is 7.22. The van der Waals surface area contributed by atoms with Crippen LogP contribution in [0.3, 0.4) is 0 Å². The molecule has 0 aliphatic carbocycles. The zero-order valence-electron chi connectivity index (χ0n) is 14.4. The van der Waals surface area contributed by atoms with Crippen molar-refractivity contribution in [2.24, 2.45) is 5.73 Å². The summed E-state index contributed by atoms with van der Waals surface area (Å²) in [6.07, 6.45) is -0.838. The maximum Gasteiger partial charge on any atom is 0.255 e. The molecule has 0 saturated carbocycles. The lowest BCUT2D eigenvalue weighted by Crippen LogP contribution is -2.10. The minimum Gasteiger partial charge on any atom is -0.457 e. The number of carbonyl (C=O) groups is 1. The predicted octanol–water partition coefficient (Wildman–Crippen LogP) is 4.41. The van der Waals surface area contributed by atoms with Crippen LogP contribution in [0.1, 0.15) is 10.4 Å². The summed E-state index contributed by atoms with van der Waals surface area (Å²) in [6, 6.07) is 11.9. The van der Waals surface area contributed by atoms with E-state index in [4.69, 9.17) is 10.5 Å². The first-order valence-corrected chi connectivity index (χ1v) is 9.10. The molecule has 0 unspecified atom stereocenters. The monoisotopic (exact) mass is 400 g/mol. The Morgan fingerprint density at radius 2 is 2.00 bits per heavy atom. The molecule has 0 atom stereocenters. The minimum atomic E-state index is -2.45. The van der Waals surface area contributed by atoms with Crippen molar-refractivity contribution >= 4 is 43.5 Å². The van der Waals surface area contributed by atoms with Crippen molar-refractivity contribution in [3.8, 4) is 11.5 Å². The van der Waals surface area contributed by atoms with E-state index in [-0.39, 0.29) is 0 Å². The highest BCUT2D eigenvalue weighted by atomic mass is 32.1. The van der Waals surface area contributed by atoms with E-state index in [1.165, 1.54) is 11.3 Å². The van der Waals surface area contributed by atoms with Crippen LogP contribution >= 0.6 is 11.3 Å². The second kappa shape index (κ2) is 7.35. The molecule has 0 radical (unpaired) electrons. The predicted molar refractivity (Wildman–Crippen MR) is 104 cm³/mol. The number of ether oxygens (including phenoxy) is 1. The van der Waals surface area contributed by atoms with E-state index in [0.717, 1.165) is 4.70 Å². The summed E-state index contributed by atoms with van der Waals surface area (Å²) in [5.41, 5.74) is 7.07. The maximum atomic E-state index is 12.3. The minimum absolute atomic E-state index is 0.359. The number of hydrogen-bond donors (Lipinski definition) is 2. The SMILES string of the molecule is NC(=O)c1ccc2nccc(Oc3ccc4nc(NCC(F)F)sc4c3)c2c1. The highest BCUT2D eigenvalue weighted by Gasteiger charge is 2.11. The van der Waals surface area contributed by atoms with Gasteiger partial charge >= 0.3 is 0 Å². The summed E-state index contributed by atoms with van der Waals surface area (Å²) < 4.78 is 31.5. The summed E-state index contributed by atoms with van der Waals surface area (Å²) in [6.45, 7) is -0.450. The number of anilines is 1. The van der Waals surface area contributed by atoms with Gasteiger partial charge in [-0.1, -0.05) is 11.3 Å². The number of fused-ring (bicyclic) bond motifs is 2. The summed E-state index contributed by atoms with van der Waals surface area (Å²) in [4.78, 5) is 20.0. The van der Waals surface area contributed by atoms with Gasteiger partial charge in [-0.2, -0.15) is 0 Å². The smallest absolute Gasteiger partial charge is 0.255 e. The third kappa shape index (κ3) is 3.70. The molecule has 0 aliphatic heterocycles. The number of halogens is 2. The van der Waals surface area contributed by atoms with E-state index >= 15 is 0 Å². The largest absolute Gasteiger partial charge is 0.457 e. The molecule has 2 aromatic carbocycles. The fourth-order valence-corrected chi connectivity index (χ4v) is 3.60. The molecule has 1 amide bonds. The third-order valence-electron chi connectivity index (χ3n) is 3.98. The lowest BCUT2D eigenvalue weighted by atomic mass is 10.1. The topological polar surface area (TPSA) is 90.1 Å². The van der Waals surface area contributed by atoms with Gasteiger partial charge in [-0.15, -0.1) is 0 Å². The van der Waals surface area contributed by atoms with E-state index < -0.39 is 18.9 Å². The number of nitrogens with one attached hydrogen (secondary N) is 1. The first-order chi connectivity index (χ1) is 13.5. The number of aromatic nitrogens is 2. The van der Waals surface area contributed by atoms with Gasteiger partial charge < -0.3 is 15.8 Å². The number of pyridine rings is 1. The Morgan fingerprint density at radius 1 is 1.18 bits per heavy atom. The van der Waals surface area contributed by atoms with E-state index in [0.29, 0.717) is 38.6 Å². The number of hydrogen-bond acceptors (Lipinski definition) is 6. The highest BCUT2D eigenvalue weighted by Crippen LogP contribution is 2.33. The molecule has 2 heterocycles. The molecule has 0 fully saturated rings. The van der Waals surface area contributed by atoms with E-state index in [1.54, 1.807) is 48.7 Å². The zero-order chi connectivity index (χ0) is 19.7. The molecule has 142 valence electrons. The molecule has 3 N–H and O–H groups in total. The van der Waals surface area contributed by atoms with Crippen LogP contribution in [-0.4, -0.2) is 28.8 Å². The van der Waals surface area contributed by atoms with Crippen LogP contribution in [0, 0.1) is 0 Å².